The van der Waals surface area contributed by atoms with Crippen molar-refractivity contribution in [3.63, 3.8) is 0 Å². The lowest BCUT2D eigenvalue weighted by atomic mass is 9.48. The van der Waals surface area contributed by atoms with Gasteiger partial charge in [-0.05, 0) is 97.1 Å². The molecular formula is C30H36O6. The summed E-state index contributed by atoms with van der Waals surface area (Å²) in [5, 5.41) is 20.1. The first kappa shape index (κ1) is 25.0. The van der Waals surface area contributed by atoms with Gasteiger partial charge in [0, 0.05) is 12.7 Å². The van der Waals surface area contributed by atoms with Gasteiger partial charge in [-0.25, -0.2) is 4.79 Å². The molecule has 2 N–H and O–H groups in total. The highest BCUT2D eigenvalue weighted by Crippen LogP contribution is 2.62. The van der Waals surface area contributed by atoms with Crippen LogP contribution in [0.2, 0.25) is 0 Å². The molecule has 4 bridgehead atoms. The van der Waals surface area contributed by atoms with Crippen LogP contribution in [0.5, 0.6) is 5.75 Å². The third kappa shape index (κ3) is 5.36. The summed E-state index contributed by atoms with van der Waals surface area (Å²) in [4.78, 5) is 11.1. The number of hydrogen-bond donors (Lipinski definition) is 2. The Morgan fingerprint density at radius 1 is 1.03 bits per heavy atom. The van der Waals surface area contributed by atoms with Crippen molar-refractivity contribution in [2.75, 3.05) is 27.1 Å². The number of ether oxygens (including phenoxy) is 3. The monoisotopic (exact) mass is 492 g/mol. The molecule has 6 nitrogen and oxygen atoms in total. The van der Waals surface area contributed by atoms with Crippen LogP contribution in [0.25, 0.3) is 6.08 Å². The number of carboxylic acids is 1. The molecule has 192 valence electrons. The number of rotatable bonds is 11. The van der Waals surface area contributed by atoms with Crippen LogP contribution >= 0.6 is 0 Å². The molecule has 4 aliphatic carbocycles. The van der Waals surface area contributed by atoms with Gasteiger partial charge in [0.1, 0.15) is 5.75 Å². The third-order valence-corrected chi connectivity index (χ3v) is 8.31. The Morgan fingerprint density at radius 2 is 1.69 bits per heavy atom. The average molecular weight is 493 g/mol. The molecule has 0 aromatic heterocycles. The summed E-state index contributed by atoms with van der Waals surface area (Å²) in [7, 11) is 1.65. The van der Waals surface area contributed by atoms with Gasteiger partial charge in [-0.15, -0.1) is 0 Å². The van der Waals surface area contributed by atoms with E-state index in [-0.39, 0.29) is 17.8 Å². The minimum atomic E-state index is -0.950. The van der Waals surface area contributed by atoms with Gasteiger partial charge in [0.25, 0.3) is 0 Å². The molecule has 0 heterocycles. The van der Waals surface area contributed by atoms with Gasteiger partial charge in [-0.1, -0.05) is 30.4 Å². The van der Waals surface area contributed by atoms with Crippen LogP contribution in [0.1, 0.15) is 71.7 Å². The van der Waals surface area contributed by atoms with Crippen LogP contribution < -0.4 is 4.74 Å². The molecule has 0 saturated heterocycles. The highest BCUT2D eigenvalue weighted by molar-refractivity contribution is 5.87. The molecule has 2 aromatic carbocycles. The molecule has 1 unspecified atom stereocenters. The fraction of sp³-hybridized carbons (Fsp3) is 0.500. The van der Waals surface area contributed by atoms with Crippen LogP contribution in [-0.2, 0) is 14.9 Å². The van der Waals surface area contributed by atoms with Crippen molar-refractivity contribution in [2.24, 2.45) is 17.8 Å². The molecule has 0 radical (unpaired) electrons. The highest BCUT2D eigenvalue weighted by Gasteiger charge is 2.52. The predicted molar refractivity (Wildman–Crippen MR) is 137 cm³/mol. The van der Waals surface area contributed by atoms with E-state index in [9.17, 15) is 9.90 Å². The van der Waals surface area contributed by atoms with E-state index in [1.54, 1.807) is 37.5 Å². The van der Waals surface area contributed by atoms with E-state index in [1.807, 2.05) is 18.2 Å². The molecule has 0 spiro atoms. The topological polar surface area (TPSA) is 85.2 Å². The van der Waals surface area contributed by atoms with Crippen molar-refractivity contribution in [1.29, 1.82) is 0 Å². The summed E-state index contributed by atoms with van der Waals surface area (Å²) < 4.78 is 16.8. The summed E-state index contributed by atoms with van der Waals surface area (Å²) in [6.07, 6.45) is 10.5. The maximum Gasteiger partial charge on any atom is 0.335 e. The first-order valence-electron chi connectivity index (χ1n) is 13.0. The Bertz CT molecular complexity index is 1050. The third-order valence-electron chi connectivity index (χ3n) is 8.31. The number of hydrogen-bond acceptors (Lipinski definition) is 5. The Labute approximate surface area is 212 Å². The SMILES string of the molecule is COCCOCOc1ccc(C(O)C=Cc2ccc(C(=O)O)cc2)cc1C12CC3CC(CC(C3)C1)C2. The smallest absolute Gasteiger partial charge is 0.335 e. The van der Waals surface area contributed by atoms with Crippen LogP contribution in [0.3, 0.4) is 0 Å². The van der Waals surface area contributed by atoms with Crippen molar-refractivity contribution < 1.29 is 29.2 Å². The molecule has 4 fully saturated rings. The largest absolute Gasteiger partial charge is 0.478 e. The molecule has 0 amide bonds. The minimum absolute atomic E-state index is 0.114. The van der Waals surface area contributed by atoms with E-state index in [0.29, 0.717) is 13.2 Å². The Kier molecular flexibility index (Phi) is 7.47. The van der Waals surface area contributed by atoms with Gasteiger partial charge in [0.05, 0.1) is 24.9 Å². The summed E-state index contributed by atoms with van der Waals surface area (Å²) in [6, 6.07) is 12.7. The highest BCUT2D eigenvalue weighted by atomic mass is 16.7. The van der Waals surface area contributed by atoms with E-state index < -0.39 is 12.1 Å². The van der Waals surface area contributed by atoms with Crippen molar-refractivity contribution >= 4 is 12.0 Å². The van der Waals surface area contributed by atoms with Crippen molar-refractivity contribution in [3.05, 3.63) is 70.8 Å². The number of aromatic carboxylic acids is 1. The first-order valence-corrected chi connectivity index (χ1v) is 13.0. The van der Waals surface area contributed by atoms with E-state index in [1.165, 1.54) is 44.1 Å². The number of methoxy groups -OCH3 is 1. The zero-order valence-corrected chi connectivity index (χ0v) is 20.9. The molecule has 6 rings (SSSR count). The van der Waals surface area contributed by atoms with Crippen LogP contribution in [0, 0.1) is 17.8 Å². The lowest BCUT2D eigenvalue weighted by Gasteiger charge is -2.57. The number of aliphatic hydroxyl groups is 1. The normalized spacial score (nSPS) is 27.4. The van der Waals surface area contributed by atoms with E-state index in [4.69, 9.17) is 19.3 Å². The summed E-state index contributed by atoms with van der Waals surface area (Å²) in [5.41, 5.74) is 3.26. The Balaban J connectivity index is 1.38. The predicted octanol–water partition coefficient (Wildman–Crippen LogP) is 5.60. The maximum absolute atomic E-state index is 11.1. The molecule has 0 aliphatic heterocycles. The average Bonchev–Trinajstić information content (AvgIpc) is 2.86. The van der Waals surface area contributed by atoms with Gasteiger partial charge in [-0.3, -0.25) is 0 Å². The van der Waals surface area contributed by atoms with E-state index in [2.05, 4.69) is 6.07 Å². The quantitative estimate of drug-likeness (QED) is 0.314. The lowest BCUT2D eigenvalue weighted by Crippen LogP contribution is -2.48. The number of benzene rings is 2. The van der Waals surface area contributed by atoms with E-state index in [0.717, 1.165) is 34.6 Å². The van der Waals surface area contributed by atoms with Crippen molar-refractivity contribution in [2.45, 2.75) is 50.0 Å². The standard InChI is InChI=1S/C30H36O6/c1-34-10-11-35-19-36-28-9-7-25(27(31)8-4-20-2-5-24(6-3-20)29(32)33)15-26(28)30-16-21-12-22(17-30)14-23(13-21)18-30/h2-9,15,21-23,27,31H,10-14,16-19H2,1H3,(H,32,33). The van der Waals surface area contributed by atoms with Crippen molar-refractivity contribution in [1.82, 2.24) is 0 Å². The Hall–Kier alpha value is -2.67. The Morgan fingerprint density at radius 3 is 2.31 bits per heavy atom. The van der Waals surface area contributed by atoms with Gasteiger partial charge in [-0.2, -0.15) is 0 Å². The maximum atomic E-state index is 11.1. The van der Waals surface area contributed by atoms with Gasteiger partial charge >= 0.3 is 5.97 Å². The molecule has 1 atom stereocenters. The van der Waals surface area contributed by atoms with Gasteiger partial charge in [0.2, 0.25) is 0 Å². The first-order chi connectivity index (χ1) is 17.5. The molecule has 4 saturated carbocycles. The second-order valence-corrected chi connectivity index (χ2v) is 10.8. The second-order valence-electron chi connectivity index (χ2n) is 10.8. The van der Waals surface area contributed by atoms with Crippen LogP contribution in [0.4, 0.5) is 0 Å². The van der Waals surface area contributed by atoms with Crippen LogP contribution in [0.15, 0.2) is 48.5 Å². The van der Waals surface area contributed by atoms with Crippen LogP contribution in [-0.4, -0.2) is 43.3 Å². The molecule has 36 heavy (non-hydrogen) atoms. The molecule has 6 heteroatoms. The number of carboxylic acid groups (broad SMARTS) is 1. The zero-order chi connectivity index (χ0) is 25.1. The summed E-state index contributed by atoms with van der Waals surface area (Å²) in [6.45, 7) is 1.19. The van der Waals surface area contributed by atoms with Gasteiger partial charge < -0.3 is 24.4 Å². The zero-order valence-electron chi connectivity index (χ0n) is 20.9. The second kappa shape index (κ2) is 10.8. The fourth-order valence-electron chi connectivity index (χ4n) is 7.07. The molecule has 2 aromatic rings. The van der Waals surface area contributed by atoms with Crippen molar-refractivity contribution in [3.8, 4) is 5.75 Å². The fourth-order valence-corrected chi connectivity index (χ4v) is 7.07. The lowest BCUT2D eigenvalue weighted by molar-refractivity contribution is -0.0190. The number of aliphatic hydroxyl groups excluding tert-OH is 1. The molecular weight excluding hydrogens is 456 g/mol. The number of carbonyl (C=O) groups is 1. The summed E-state index contributed by atoms with van der Waals surface area (Å²) in [5.74, 6) is 2.30. The minimum Gasteiger partial charge on any atom is -0.478 e. The van der Waals surface area contributed by atoms with E-state index >= 15 is 0 Å². The van der Waals surface area contributed by atoms with Gasteiger partial charge in [0.15, 0.2) is 6.79 Å². The molecule has 4 aliphatic rings. The summed E-state index contributed by atoms with van der Waals surface area (Å²) >= 11 is 0.